The second kappa shape index (κ2) is 8.97. The van der Waals surface area contributed by atoms with Crippen molar-refractivity contribution >= 4 is 55.8 Å². The van der Waals surface area contributed by atoms with Gasteiger partial charge in [0, 0.05) is 49.7 Å². The van der Waals surface area contributed by atoms with Crippen molar-refractivity contribution in [3.05, 3.63) is 53.3 Å². The zero-order valence-corrected chi connectivity index (χ0v) is 17.7. The average Bonchev–Trinajstić information content (AvgIpc) is 3.17. The Balaban J connectivity index is 1.25. The van der Waals surface area contributed by atoms with E-state index in [4.69, 9.17) is 11.6 Å². The highest BCUT2D eigenvalue weighted by atomic mass is 35.5. The molecule has 2 amide bonds. The summed E-state index contributed by atoms with van der Waals surface area (Å²) in [6, 6.07) is 11.2. The Morgan fingerprint density at radius 1 is 1.07 bits per heavy atom. The molecule has 1 fully saturated rings. The van der Waals surface area contributed by atoms with Gasteiger partial charge in [-0.15, -0.1) is 0 Å². The van der Waals surface area contributed by atoms with Crippen LogP contribution in [0.1, 0.15) is 12.8 Å². The molecule has 2 aromatic carbocycles. The highest BCUT2D eigenvalue weighted by molar-refractivity contribution is 7.22. The SMILES string of the molecule is O=C(CCC(=O)N1CCN(c2nc3ccc(Cl)cc3s2)CC1)Nc1ccc(F)cc1. The van der Waals surface area contributed by atoms with Crippen molar-refractivity contribution in [1.82, 2.24) is 9.88 Å². The summed E-state index contributed by atoms with van der Waals surface area (Å²) < 4.78 is 14.0. The zero-order valence-electron chi connectivity index (χ0n) is 16.1. The topological polar surface area (TPSA) is 65.5 Å². The number of thiazole rings is 1. The molecule has 1 aliphatic rings. The van der Waals surface area contributed by atoms with Crippen molar-refractivity contribution in [3.63, 3.8) is 0 Å². The van der Waals surface area contributed by atoms with Crippen LogP contribution in [0.5, 0.6) is 0 Å². The first kappa shape index (κ1) is 20.6. The van der Waals surface area contributed by atoms with Gasteiger partial charge in [-0.25, -0.2) is 9.37 Å². The van der Waals surface area contributed by atoms with Gasteiger partial charge in [-0.1, -0.05) is 22.9 Å². The molecular weight excluding hydrogens is 427 g/mol. The number of benzene rings is 2. The van der Waals surface area contributed by atoms with Crippen molar-refractivity contribution in [2.75, 3.05) is 36.4 Å². The number of hydrogen-bond donors (Lipinski definition) is 1. The van der Waals surface area contributed by atoms with Gasteiger partial charge in [-0.3, -0.25) is 9.59 Å². The van der Waals surface area contributed by atoms with Gasteiger partial charge in [0.1, 0.15) is 5.82 Å². The van der Waals surface area contributed by atoms with Crippen molar-refractivity contribution in [3.8, 4) is 0 Å². The summed E-state index contributed by atoms with van der Waals surface area (Å²) in [7, 11) is 0. The maximum absolute atomic E-state index is 12.9. The second-order valence-corrected chi connectivity index (χ2v) is 8.48. The van der Waals surface area contributed by atoms with E-state index in [9.17, 15) is 14.0 Å². The molecule has 0 spiro atoms. The molecular formula is C21H20ClFN4O2S. The molecule has 3 aromatic rings. The van der Waals surface area contributed by atoms with Gasteiger partial charge < -0.3 is 15.1 Å². The van der Waals surface area contributed by atoms with E-state index < -0.39 is 0 Å². The summed E-state index contributed by atoms with van der Waals surface area (Å²) in [6.45, 7) is 2.58. The van der Waals surface area contributed by atoms with Crippen LogP contribution in [0.2, 0.25) is 5.02 Å². The summed E-state index contributed by atoms with van der Waals surface area (Å²) in [4.78, 5) is 33.1. The van der Waals surface area contributed by atoms with Crippen molar-refractivity contribution < 1.29 is 14.0 Å². The van der Waals surface area contributed by atoms with Crippen molar-refractivity contribution in [1.29, 1.82) is 0 Å². The summed E-state index contributed by atoms with van der Waals surface area (Å²) >= 11 is 7.64. The van der Waals surface area contributed by atoms with Gasteiger partial charge in [0.15, 0.2) is 5.13 Å². The van der Waals surface area contributed by atoms with Crippen LogP contribution in [0.4, 0.5) is 15.2 Å². The number of fused-ring (bicyclic) bond motifs is 1. The number of anilines is 2. The lowest BCUT2D eigenvalue weighted by Crippen LogP contribution is -2.48. The lowest BCUT2D eigenvalue weighted by atomic mass is 10.2. The summed E-state index contributed by atoms with van der Waals surface area (Å²) in [5.41, 5.74) is 1.43. The first-order valence-electron chi connectivity index (χ1n) is 9.62. The third-order valence-electron chi connectivity index (χ3n) is 4.94. The van der Waals surface area contributed by atoms with E-state index in [2.05, 4.69) is 15.2 Å². The van der Waals surface area contributed by atoms with Crippen LogP contribution in [0.25, 0.3) is 10.2 Å². The number of hydrogen-bond acceptors (Lipinski definition) is 5. The van der Waals surface area contributed by atoms with Crippen molar-refractivity contribution in [2.24, 2.45) is 0 Å². The van der Waals surface area contributed by atoms with Gasteiger partial charge in [-0.05, 0) is 42.5 Å². The summed E-state index contributed by atoms with van der Waals surface area (Å²) in [5, 5.41) is 4.29. The van der Waals surface area contributed by atoms with E-state index in [-0.39, 0.29) is 30.5 Å². The lowest BCUT2D eigenvalue weighted by molar-refractivity contribution is -0.133. The molecule has 1 N–H and O–H groups in total. The van der Waals surface area contributed by atoms with Gasteiger partial charge >= 0.3 is 0 Å². The molecule has 0 atom stereocenters. The number of rotatable bonds is 5. The predicted octanol–water partition coefficient (Wildman–Crippen LogP) is 4.16. The van der Waals surface area contributed by atoms with Gasteiger partial charge in [-0.2, -0.15) is 0 Å². The van der Waals surface area contributed by atoms with Gasteiger partial charge in [0.25, 0.3) is 0 Å². The molecule has 1 saturated heterocycles. The number of amides is 2. The Morgan fingerprint density at radius 2 is 1.80 bits per heavy atom. The maximum atomic E-state index is 12.9. The van der Waals surface area contributed by atoms with Gasteiger partial charge in [0.05, 0.1) is 10.2 Å². The molecule has 0 bridgehead atoms. The first-order valence-corrected chi connectivity index (χ1v) is 10.8. The number of carbonyl (C=O) groups is 2. The minimum atomic E-state index is -0.364. The number of piperazine rings is 1. The monoisotopic (exact) mass is 446 g/mol. The Kier molecular flexibility index (Phi) is 6.15. The first-order chi connectivity index (χ1) is 14.5. The maximum Gasteiger partial charge on any atom is 0.224 e. The minimum absolute atomic E-state index is 0.0417. The lowest BCUT2D eigenvalue weighted by Gasteiger charge is -2.34. The largest absolute Gasteiger partial charge is 0.345 e. The third kappa shape index (κ3) is 4.88. The Labute approximate surface area is 182 Å². The van der Waals surface area contributed by atoms with Crippen LogP contribution in [0, 0.1) is 5.82 Å². The predicted molar refractivity (Wildman–Crippen MR) is 118 cm³/mol. The number of nitrogens with zero attached hydrogens (tertiary/aromatic N) is 3. The molecule has 0 radical (unpaired) electrons. The van der Waals surface area contributed by atoms with Crippen LogP contribution in [0.3, 0.4) is 0 Å². The molecule has 4 rings (SSSR count). The molecule has 6 nitrogen and oxygen atoms in total. The smallest absolute Gasteiger partial charge is 0.224 e. The summed E-state index contributed by atoms with van der Waals surface area (Å²) in [5.74, 6) is -0.668. The van der Waals surface area contributed by atoms with E-state index in [1.54, 1.807) is 16.2 Å². The van der Waals surface area contributed by atoms with E-state index in [1.165, 1.54) is 24.3 Å². The van der Waals surface area contributed by atoms with Crippen molar-refractivity contribution in [2.45, 2.75) is 12.8 Å². The molecule has 0 aliphatic carbocycles. The molecule has 2 heterocycles. The van der Waals surface area contributed by atoms with Crippen LogP contribution >= 0.6 is 22.9 Å². The number of nitrogens with one attached hydrogen (secondary N) is 1. The highest BCUT2D eigenvalue weighted by Gasteiger charge is 2.23. The average molecular weight is 447 g/mol. The van der Waals surface area contributed by atoms with E-state index in [0.717, 1.165) is 15.3 Å². The zero-order chi connectivity index (χ0) is 21.1. The van der Waals surface area contributed by atoms with E-state index >= 15 is 0 Å². The number of carbonyl (C=O) groups excluding carboxylic acids is 2. The second-order valence-electron chi connectivity index (χ2n) is 7.03. The molecule has 156 valence electrons. The van der Waals surface area contributed by atoms with E-state index in [1.807, 2.05) is 18.2 Å². The molecule has 30 heavy (non-hydrogen) atoms. The summed E-state index contributed by atoms with van der Waals surface area (Å²) in [6.07, 6.45) is 0.238. The Hall–Kier alpha value is -2.71. The molecule has 1 aliphatic heterocycles. The quantitative estimate of drug-likeness (QED) is 0.639. The normalized spacial score (nSPS) is 14.2. The molecule has 9 heteroatoms. The van der Waals surface area contributed by atoms with Crippen LogP contribution in [0.15, 0.2) is 42.5 Å². The minimum Gasteiger partial charge on any atom is -0.345 e. The number of aromatic nitrogens is 1. The van der Waals surface area contributed by atoms with Gasteiger partial charge in [0.2, 0.25) is 11.8 Å². The van der Waals surface area contributed by atoms with Crippen LogP contribution < -0.4 is 10.2 Å². The fourth-order valence-electron chi connectivity index (χ4n) is 3.30. The highest BCUT2D eigenvalue weighted by Crippen LogP contribution is 2.31. The van der Waals surface area contributed by atoms with Crippen LogP contribution in [-0.4, -0.2) is 47.9 Å². The standard InChI is InChI=1S/C21H20ClFN4O2S/c22-14-1-6-17-18(13-14)30-21(25-17)27-11-9-26(10-12-27)20(29)8-7-19(28)24-16-4-2-15(23)3-5-16/h1-6,13H,7-12H2,(H,24,28). The fourth-order valence-corrected chi connectivity index (χ4v) is 4.60. The Morgan fingerprint density at radius 3 is 2.53 bits per heavy atom. The van der Waals surface area contributed by atoms with E-state index in [0.29, 0.717) is 36.9 Å². The molecule has 0 saturated carbocycles. The fraction of sp³-hybridized carbons (Fsp3) is 0.286. The Bertz CT molecular complexity index is 1060. The number of halogens is 2. The molecule has 1 aromatic heterocycles. The third-order valence-corrected chi connectivity index (χ3v) is 6.25. The van der Waals surface area contributed by atoms with Crippen LogP contribution in [-0.2, 0) is 9.59 Å². The molecule has 0 unspecified atom stereocenters.